The van der Waals surface area contributed by atoms with Crippen molar-refractivity contribution in [3.05, 3.63) is 10.7 Å². The summed E-state index contributed by atoms with van der Waals surface area (Å²) < 4.78 is 0.740. The van der Waals surface area contributed by atoms with Gasteiger partial charge < -0.3 is 10.6 Å². The Morgan fingerprint density at radius 1 is 1.28 bits per heavy atom. The van der Waals surface area contributed by atoms with Crippen LogP contribution in [0.1, 0.15) is 40.5 Å². The summed E-state index contributed by atoms with van der Waals surface area (Å²) in [5, 5.41) is 0. The van der Waals surface area contributed by atoms with Crippen molar-refractivity contribution in [2.24, 2.45) is 5.92 Å². The van der Waals surface area contributed by atoms with E-state index in [2.05, 4.69) is 58.5 Å². The Morgan fingerprint density at radius 2 is 1.89 bits per heavy atom. The van der Waals surface area contributed by atoms with E-state index in [9.17, 15) is 0 Å². The van der Waals surface area contributed by atoms with Gasteiger partial charge >= 0.3 is 0 Å². The van der Waals surface area contributed by atoms with Gasteiger partial charge in [0, 0.05) is 18.7 Å². The van der Waals surface area contributed by atoms with E-state index in [-0.39, 0.29) is 0 Å². The van der Waals surface area contributed by atoms with E-state index < -0.39 is 0 Å². The maximum atomic E-state index is 5.80. The second-order valence-electron chi connectivity index (χ2n) is 4.93. The SMILES string of the molecule is CCC(CC)N(CC(C)C)c1nc(N)cc(Br)n1. The zero-order valence-electron chi connectivity index (χ0n) is 11.7. The van der Waals surface area contributed by atoms with Crippen molar-refractivity contribution in [2.45, 2.75) is 46.6 Å². The molecule has 0 unspecified atom stereocenters. The number of nitrogens with zero attached hydrogens (tertiary/aromatic N) is 3. The minimum atomic E-state index is 0.459. The summed E-state index contributed by atoms with van der Waals surface area (Å²) in [6.45, 7) is 9.75. The van der Waals surface area contributed by atoms with Gasteiger partial charge in [0.15, 0.2) is 0 Å². The molecule has 0 saturated carbocycles. The highest BCUT2D eigenvalue weighted by molar-refractivity contribution is 9.10. The van der Waals surface area contributed by atoms with E-state index in [1.165, 1.54) is 0 Å². The summed E-state index contributed by atoms with van der Waals surface area (Å²) in [4.78, 5) is 11.1. The van der Waals surface area contributed by atoms with Crippen LogP contribution in [0.15, 0.2) is 10.7 Å². The van der Waals surface area contributed by atoms with E-state index in [1.807, 2.05) is 0 Å². The number of aromatic nitrogens is 2. The second-order valence-corrected chi connectivity index (χ2v) is 5.74. The normalized spacial score (nSPS) is 11.3. The summed E-state index contributed by atoms with van der Waals surface area (Å²) in [5.74, 6) is 1.80. The van der Waals surface area contributed by atoms with Gasteiger partial charge in [-0.2, -0.15) is 4.98 Å². The lowest BCUT2D eigenvalue weighted by atomic mass is 10.1. The van der Waals surface area contributed by atoms with Gasteiger partial charge in [0.2, 0.25) is 5.95 Å². The molecule has 0 aliphatic rings. The van der Waals surface area contributed by atoms with E-state index in [4.69, 9.17) is 5.73 Å². The zero-order chi connectivity index (χ0) is 13.7. The van der Waals surface area contributed by atoms with Crippen LogP contribution in [0.5, 0.6) is 0 Å². The molecule has 0 saturated heterocycles. The van der Waals surface area contributed by atoms with Crippen LogP contribution in [-0.4, -0.2) is 22.6 Å². The number of hydrogen-bond donors (Lipinski definition) is 1. The van der Waals surface area contributed by atoms with Crippen molar-refractivity contribution in [1.82, 2.24) is 9.97 Å². The van der Waals surface area contributed by atoms with E-state index in [0.717, 1.165) is 29.9 Å². The molecule has 2 N–H and O–H groups in total. The number of nitrogens with two attached hydrogens (primary N) is 1. The molecule has 0 radical (unpaired) electrons. The highest BCUT2D eigenvalue weighted by Crippen LogP contribution is 2.21. The van der Waals surface area contributed by atoms with Crippen molar-refractivity contribution < 1.29 is 0 Å². The topological polar surface area (TPSA) is 55.0 Å². The highest BCUT2D eigenvalue weighted by atomic mass is 79.9. The fourth-order valence-electron chi connectivity index (χ4n) is 2.07. The summed E-state index contributed by atoms with van der Waals surface area (Å²) >= 11 is 3.38. The van der Waals surface area contributed by atoms with E-state index in [0.29, 0.717) is 17.8 Å². The van der Waals surface area contributed by atoms with Gasteiger partial charge in [0.05, 0.1) is 0 Å². The molecule has 1 heterocycles. The lowest BCUT2D eigenvalue weighted by Gasteiger charge is -2.32. The van der Waals surface area contributed by atoms with Gasteiger partial charge in [0.1, 0.15) is 10.4 Å². The number of hydrogen-bond acceptors (Lipinski definition) is 4. The molecule has 1 aromatic heterocycles. The fraction of sp³-hybridized carbons (Fsp3) is 0.692. The number of anilines is 2. The first-order chi connectivity index (χ1) is 8.47. The molecule has 0 aliphatic carbocycles. The van der Waals surface area contributed by atoms with Crippen LogP contribution in [0, 0.1) is 5.92 Å². The van der Waals surface area contributed by atoms with Gasteiger partial charge in [0.25, 0.3) is 0 Å². The molecule has 0 fully saturated rings. The fourth-order valence-corrected chi connectivity index (χ4v) is 2.46. The molecule has 0 atom stereocenters. The van der Waals surface area contributed by atoms with Gasteiger partial charge in [-0.25, -0.2) is 4.98 Å². The lowest BCUT2D eigenvalue weighted by molar-refractivity contribution is 0.498. The van der Waals surface area contributed by atoms with Gasteiger partial charge in [-0.05, 0) is 34.7 Å². The van der Waals surface area contributed by atoms with Crippen LogP contribution < -0.4 is 10.6 Å². The van der Waals surface area contributed by atoms with Crippen molar-refractivity contribution in [1.29, 1.82) is 0 Å². The Labute approximate surface area is 118 Å². The summed E-state index contributed by atoms with van der Waals surface area (Å²) in [5.41, 5.74) is 5.80. The van der Waals surface area contributed by atoms with Gasteiger partial charge in [-0.1, -0.05) is 27.7 Å². The predicted molar refractivity (Wildman–Crippen MR) is 80.7 cm³/mol. The summed E-state index contributed by atoms with van der Waals surface area (Å²) in [7, 11) is 0. The Kier molecular flexibility index (Phi) is 5.85. The van der Waals surface area contributed by atoms with Crippen LogP contribution in [0.2, 0.25) is 0 Å². The third-order valence-corrected chi connectivity index (χ3v) is 3.31. The minimum Gasteiger partial charge on any atom is -0.383 e. The Bertz CT molecular complexity index is 357. The molecule has 0 aliphatic heterocycles. The van der Waals surface area contributed by atoms with Crippen molar-refractivity contribution >= 4 is 27.7 Å². The highest BCUT2D eigenvalue weighted by Gasteiger charge is 2.20. The van der Waals surface area contributed by atoms with Crippen LogP contribution in [0.4, 0.5) is 11.8 Å². The van der Waals surface area contributed by atoms with Crippen molar-refractivity contribution in [3.8, 4) is 0 Å². The smallest absolute Gasteiger partial charge is 0.228 e. The van der Waals surface area contributed by atoms with Crippen LogP contribution in [-0.2, 0) is 0 Å². The Balaban J connectivity index is 3.07. The predicted octanol–water partition coefficient (Wildman–Crippen LogP) is 3.47. The minimum absolute atomic E-state index is 0.459. The number of rotatable bonds is 6. The largest absolute Gasteiger partial charge is 0.383 e. The van der Waals surface area contributed by atoms with Gasteiger partial charge in [-0.3, -0.25) is 0 Å². The van der Waals surface area contributed by atoms with E-state index in [1.54, 1.807) is 6.07 Å². The molecule has 0 aromatic carbocycles. The summed E-state index contributed by atoms with van der Waals surface area (Å²) in [6, 6.07) is 2.19. The number of halogens is 1. The first-order valence-corrected chi connectivity index (χ1v) is 7.33. The Hall–Kier alpha value is -0.840. The molecule has 0 spiro atoms. The first kappa shape index (κ1) is 15.2. The second kappa shape index (κ2) is 6.92. The molecule has 0 bridgehead atoms. The van der Waals surface area contributed by atoms with Crippen LogP contribution in [0.25, 0.3) is 0 Å². The first-order valence-electron chi connectivity index (χ1n) is 6.54. The van der Waals surface area contributed by atoms with Crippen molar-refractivity contribution in [2.75, 3.05) is 17.2 Å². The average Bonchev–Trinajstić information content (AvgIpc) is 2.27. The number of nitrogen functional groups attached to an aromatic ring is 1. The van der Waals surface area contributed by atoms with Crippen LogP contribution in [0.3, 0.4) is 0 Å². The molecule has 102 valence electrons. The van der Waals surface area contributed by atoms with E-state index >= 15 is 0 Å². The molecule has 5 heteroatoms. The van der Waals surface area contributed by atoms with Crippen LogP contribution >= 0.6 is 15.9 Å². The quantitative estimate of drug-likeness (QED) is 0.817. The molecule has 18 heavy (non-hydrogen) atoms. The average molecular weight is 315 g/mol. The standard InChI is InChI=1S/C13H23BrN4/c1-5-10(6-2)18(8-9(3)4)13-16-11(14)7-12(15)17-13/h7,9-10H,5-6,8H2,1-4H3,(H2,15,16,17). The Morgan fingerprint density at radius 3 is 2.33 bits per heavy atom. The third-order valence-electron chi connectivity index (χ3n) is 2.90. The van der Waals surface area contributed by atoms with Gasteiger partial charge in [-0.15, -0.1) is 0 Å². The molecular weight excluding hydrogens is 292 g/mol. The monoisotopic (exact) mass is 314 g/mol. The molecule has 1 aromatic rings. The maximum absolute atomic E-state index is 5.80. The van der Waals surface area contributed by atoms with Crippen molar-refractivity contribution in [3.63, 3.8) is 0 Å². The zero-order valence-corrected chi connectivity index (χ0v) is 13.2. The molecule has 1 rings (SSSR count). The maximum Gasteiger partial charge on any atom is 0.228 e. The molecule has 0 amide bonds. The third kappa shape index (κ3) is 4.12. The lowest BCUT2D eigenvalue weighted by Crippen LogP contribution is -2.38. The molecular formula is C13H23BrN4. The summed E-state index contributed by atoms with van der Waals surface area (Å²) in [6.07, 6.45) is 2.16. The molecule has 4 nitrogen and oxygen atoms in total.